The second-order valence-electron chi connectivity index (χ2n) is 4.56. The molecule has 0 aliphatic rings. The summed E-state index contributed by atoms with van der Waals surface area (Å²) in [6.45, 7) is 3.55. The molecule has 2 aromatic carbocycles. The maximum Gasteiger partial charge on any atom is 0.308 e. The van der Waals surface area contributed by atoms with Crippen LogP contribution < -0.4 is 4.74 Å². The Balaban J connectivity index is 2.04. The molecule has 0 spiro atoms. The van der Waals surface area contributed by atoms with Gasteiger partial charge in [0, 0.05) is 6.92 Å². The molecule has 2 nitrogen and oxygen atoms in total. The van der Waals surface area contributed by atoms with Crippen molar-refractivity contribution in [2.24, 2.45) is 0 Å². The lowest BCUT2D eigenvalue weighted by atomic mass is 10.1. The highest BCUT2D eigenvalue weighted by atomic mass is 32.2. The van der Waals surface area contributed by atoms with E-state index in [1.165, 1.54) is 24.2 Å². The maximum absolute atomic E-state index is 11.1. The van der Waals surface area contributed by atoms with Crippen LogP contribution >= 0.6 is 11.8 Å². The number of hydrogen-bond acceptors (Lipinski definition) is 3. The molecule has 2 rings (SSSR count). The summed E-state index contributed by atoms with van der Waals surface area (Å²) in [4.78, 5) is 12.0. The number of rotatable bonds is 5. The molecular formula is C18H18O2S. The van der Waals surface area contributed by atoms with Crippen LogP contribution in [0.3, 0.4) is 0 Å². The van der Waals surface area contributed by atoms with E-state index < -0.39 is 0 Å². The van der Waals surface area contributed by atoms with Gasteiger partial charge in [-0.25, -0.2) is 0 Å². The minimum absolute atomic E-state index is 0.304. The fraction of sp³-hybridized carbons (Fsp3) is 0.167. The molecule has 0 aliphatic heterocycles. The number of carbonyl (C=O) groups excluding carboxylic acids is 1. The summed E-state index contributed by atoms with van der Waals surface area (Å²) in [6, 6.07) is 16.0. The maximum atomic E-state index is 11.1. The van der Waals surface area contributed by atoms with Gasteiger partial charge in [0.15, 0.2) is 0 Å². The first-order valence-electron chi connectivity index (χ1n) is 6.88. The van der Waals surface area contributed by atoms with Crippen molar-refractivity contribution in [3.8, 4) is 5.75 Å². The molecule has 0 aliphatic carbocycles. The van der Waals surface area contributed by atoms with Gasteiger partial charge in [-0.1, -0.05) is 55.1 Å². The van der Waals surface area contributed by atoms with Gasteiger partial charge < -0.3 is 4.74 Å². The Hall–Kier alpha value is -2.00. The lowest BCUT2D eigenvalue weighted by Crippen LogP contribution is -2.01. The molecule has 0 saturated heterocycles. The van der Waals surface area contributed by atoms with Crippen molar-refractivity contribution >= 4 is 23.8 Å². The van der Waals surface area contributed by atoms with Crippen molar-refractivity contribution in [1.29, 1.82) is 0 Å². The fourth-order valence-electron chi connectivity index (χ4n) is 1.84. The summed E-state index contributed by atoms with van der Waals surface area (Å²) < 4.78 is 5.18. The number of esters is 1. The lowest BCUT2D eigenvalue weighted by molar-refractivity contribution is -0.132. The molecule has 2 aromatic rings. The van der Waals surface area contributed by atoms with E-state index in [1.807, 2.05) is 23.6 Å². The minimum Gasteiger partial charge on any atom is -0.426 e. The van der Waals surface area contributed by atoms with Crippen molar-refractivity contribution in [3.05, 3.63) is 65.1 Å². The largest absolute Gasteiger partial charge is 0.426 e. The molecule has 0 radical (unpaired) electrons. The number of benzene rings is 2. The number of carbonyl (C=O) groups is 1. The summed E-state index contributed by atoms with van der Waals surface area (Å²) in [5.41, 5.74) is 2.49. The van der Waals surface area contributed by atoms with Gasteiger partial charge in [-0.15, -0.1) is 0 Å². The van der Waals surface area contributed by atoms with Gasteiger partial charge in [-0.05, 0) is 41.2 Å². The highest BCUT2D eigenvalue weighted by molar-refractivity contribution is 8.02. The van der Waals surface area contributed by atoms with Crippen molar-refractivity contribution in [2.45, 2.75) is 25.2 Å². The Bertz CT molecular complexity index is 630. The first kappa shape index (κ1) is 15.4. The van der Waals surface area contributed by atoms with Gasteiger partial charge in [0.25, 0.3) is 0 Å². The Morgan fingerprint density at radius 2 is 1.86 bits per heavy atom. The first-order valence-corrected chi connectivity index (χ1v) is 7.76. The number of ether oxygens (including phenoxy) is 1. The molecule has 0 N–H and O–H groups in total. The van der Waals surface area contributed by atoms with Crippen LogP contribution in [0.15, 0.2) is 58.8 Å². The summed E-state index contributed by atoms with van der Waals surface area (Å²) in [5.74, 6) is 0.295. The zero-order valence-electron chi connectivity index (χ0n) is 12.2. The zero-order valence-corrected chi connectivity index (χ0v) is 13.0. The van der Waals surface area contributed by atoms with Crippen LogP contribution in [0.4, 0.5) is 0 Å². The van der Waals surface area contributed by atoms with Crippen molar-refractivity contribution in [2.75, 3.05) is 0 Å². The quantitative estimate of drug-likeness (QED) is 0.444. The van der Waals surface area contributed by atoms with E-state index >= 15 is 0 Å². The third-order valence-corrected chi connectivity index (χ3v) is 3.81. The van der Waals surface area contributed by atoms with E-state index in [9.17, 15) is 4.79 Å². The molecule has 0 bridgehead atoms. The van der Waals surface area contributed by atoms with Crippen LogP contribution in [0.5, 0.6) is 5.75 Å². The Labute approximate surface area is 129 Å². The van der Waals surface area contributed by atoms with E-state index in [0.717, 1.165) is 16.9 Å². The van der Waals surface area contributed by atoms with Gasteiger partial charge in [-0.3, -0.25) is 4.79 Å². The molecule has 0 amide bonds. The second-order valence-corrected chi connectivity index (χ2v) is 5.50. The minimum atomic E-state index is -0.304. The van der Waals surface area contributed by atoms with Crippen LogP contribution in [0.1, 0.15) is 25.0 Å². The number of para-hydroxylation sites is 1. The predicted octanol–water partition coefficient (Wildman–Crippen LogP) is 4.94. The Kier molecular flexibility index (Phi) is 5.64. The topological polar surface area (TPSA) is 26.3 Å². The van der Waals surface area contributed by atoms with E-state index in [2.05, 4.69) is 37.3 Å². The smallest absolute Gasteiger partial charge is 0.308 e. The molecular weight excluding hydrogens is 280 g/mol. The molecule has 0 heterocycles. The first-order chi connectivity index (χ1) is 10.2. The number of thioether (sulfide) groups is 1. The van der Waals surface area contributed by atoms with Crippen molar-refractivity contribution < 1.29 is 9.53 Å². The van der Waals surface area contributed by atoms with Gasteiger partial charge in [-0.2, -0.15) is 0 Å². The van der Waals surface area contributed by atoms with E-state index in [-0.39, 0.29) is 5.97 Å². The third-order valence-electron chi connectivity index (χ3n) is 2.95. The van der Waals surface area contributed by atoms with Crippen LogP contribution in [0, 0.1) is 0 Å². The molecule has 0 aromatic heterocycles. The SMILES string of the molecule is CCc1ccc(/C=C\Sc2ccccc2OC(C)=O)cc1. The van der Waals surface area contributed by atoms with Gasteiger partial charge >= 0.3 is 5.97 Å². The monoisotopic (exact) mass is 298 g/mol. The number of aryl methyl sites for hydroxylation is 1. The molecule has 0 saturated carbocycles. The third kappa shape index (κ3) is 4.80. The molecule has 0 atom stereocenters. The van der Waals surface area contributed by atoms with E-state index in [0.29, 0.717) is 5.75 Å². The van der Waals surface area contributed by atoms with Crippen molar-refractivity contribution in [3.63, 3.8) is 0 Å². The standard InChI is InChI=1S/C18H18O2S/c1-3-15-8-10-16(11-9-15)12-13-21-18-7-5-4-6-17(18)20-14(2)19/h4-13H,3H2,1-2H3/b13-12-. The van der Waals surface area contributed by atoms with Crippen LogP contribution in [0.25, 0.3) is 6.08 Å². The van der Waals surface area contributed by atoms with Crippen LogP contribution in [-0.2, 0) is 11.2 Å². The summed E-state index contributed by atoms with van der Waals surface area (Å²) in [5, 5.41) is 2.00. The molecule has 0 unspecified atom stereocenters. The van der Waals surface area contributed by atoms with Crippen LogP contribution in [0.2, 0.25) is 0 Å². The zero-order chi connectivity index (χ0) is 15.1. The van der Waals surface area contributed by atoms with E-state index in [1.54, 1.807) is 6.07 Å². The normalized spacial score (nSPS) is 10.8. The van der Waals surface area contributed by atoms with Gasteiger partial charge in [0.2, 0.25) is 0 Å². The molecule has 0 fully saturated rings. The summed E-state index contributed by atoms with van der Waals surface area (Å²) in [6.07, 6.45) is 3.10. The Morgan fingerprint density at radius 1 is 1.14 bits per heavy atom. The van der Waals surface area contributed by atoms with Gasteiger partial charge in [0.1, 0.15) is 5.75 Å². The second kappa shape index (κ2) is 7.70. The molecule has 3 heteroatoms. The highest BCUT2D eigenvalue weighted by Crippen LogP contribution is 2.30. The van der Waals surface area contributed by atoms with Crippen LogP contribution in [-0.4, -0.2) is 5.97 Å². The average molecular weight is 298 g/mol. The Morgan fingerprint density at radius 3 is 2.52 bits per heavy atom. The predicted molar refractivity (Wildman–Crippen MR) is 88.5 cm³/mol. The number of hydrogen-bond donors (Lipinski definition) is 0. The summed E-state index contributed by atoms with van der Waals surface area (Å²) >= 11 is 1.54. The lowest BCUT2D eigenvalue weighted by Gasteiger charge is -2.05. The molecule has 108 valence electrons. The highest BCUT2D eigenvalue weighted by Gasteiger charge is 2.04. The summed E-state index contributed by atoms with van der Waals surface area (Å²) in [7, 11) is 0. The molecule has 21 heavy (non-hydrogen) atoms. The van der Waals surface area contributed by atoms with Crippen molar-refractivity contribution in [1.82, 2.24) is 0 Å². The van der Waals surface area contributed by atoms with Gasteiger partial charge in [0.05, 0.1) is 4.90 Å². The fourth-order valence-corrected chi connectivity index (χ4v) is 2.59. The average Bonchev–Trinajstić information content (AvgIpc) is 2.49. The van der Waals surface area contributed by atoms with E-state index in [4.69, 9.17) is 4.74 Å².